The zero-order chi connectivity index (χ0) is 27.0. The maximum absolute atomic E-state index is 13.3. The van der Waals surface area contributed by atoms with Gasteiger partial charge in [0.15, 0.2) is 11.4 Å². The number of carbonyl (C=O) groups is 3. The number of rotatable bonds is 10. The van der Waals surface area contributed by atoms with Crippen molar-refractivity contribution < 1.29 is 39.3 Å². The lowest BCUT2D eigenvalue weighted by atomic mass is 9.46. The molecule has 0 aromatic rings. The second-order valence-electron chi connectivity index (χ2n) is 11.5. The van der Waals surface area contributed by atoms with E-state index in [-0.39, 0.29) is 43.0 Å². The van der Waals surface area contributed by atoms with Crippen LogP contribution in [0.15, 0.2) is 23.8 Å². The molecule has 0 heterocycles. The Morgan fingerprint density at radius 3 is 2.68 bits per heavy atom. The number of esters is 1. The Morgan fingerprint density at radius 1 is 1.22 bits per heavy atom. The van der Waals surface area contributed by atoms with E-state index in [1.54, 1.807) is 12.2 Å². The molecule has 3 saturated carbocycles. The van der Waals surface area contributed by atoms with Crippen LogP contribution in [-0.4, -0.2) is 57.8 Å². The van der Waals surface area contributed by atoms with Gasteiger partial charge in [-0.15, -0.1) is 10.1 Å². The van der Waals surface area contributed by atoms with Gasteiger partial charge in [-0.1, -0.05) is 31.9 Å². The summed E-state index contributed by atoms with van der Waals surface area (Å²) in [6.45, 7) is 3.18. The fourth-order valence-corrected chi connectivity index (χ4v) is 8.06. The average molecular weight is 520 g/mol. The highest BCUT2D eigenvalue weighted by Crippen LogP contribution is 2.67. The number of carbonyl (C=O) groups excluding carboxylic acids is 3. The molecule has 0 aromatic heterocycles. The molecule has 0 amide bonds. The Morgan fingerprint density at radius 2 is 1.97 bits per heavy atom. The first-order valence-corrected chi connectivity index (χ1v) is 13.2. The van der Waals surface area contributed by atoms with Crippen LogP contribution in [0, 0.1) is 38.7 Å². The van der Waals surface area contributed by atoms with Gasteiger partial charge in [0, 0.05) is 23.2 Å². The average Bonchev–Trinajstić information content (AvgIpc) is 3.13. The third-order valence-electron chi connectivity index (χ3n) is 9.72. The molecule has 10 nitrogen and oxygen atoms in total. The number of Topliss-reactive ketones (excluding diaryl/α,β-unsaturated/α-hetero) is 1. The Balaban J connectivity index is 1.52. The molecule has 0 spiro atoms. The number of allylic oxidation sites excluding steroid dienone is 4. The van der Waals surface area contributed by atoms with E-state index in [0.717, 1.165) is 18.4 Å². The molecule has 7 atom stereocenters. The quantitative estimate of drug-likeness (QED) is 0.192. The smallest absolute Gasteiger partial charge is 0.306 e. The summed E-state index contributed by atoms with van der Waals surface area (Å²) in [5, 5.41) is 30.8. The summed E-state index contributed by atoms with van der Waals surface area (Å²) in [6.07, 6.45) is 8.50. The Kier molecular flexibility index (Phi) is 7.63. The van der Waals surface area contributed by atoms with Crippen LogP contribution in [0.25, 0.3) is 0 Å². The fourth-order valence-electron chi connectivity index (χ4n) is 8.06. The highest BCUT2D eigenvalue weighted by Gasteiger charge is 2.70. The van der Waals surface area contributed by atoms with Crippen LogP contribution in [0.1, 0.15) is 71.6 Å². The first-order chi connectivity index (χ1) is 17.5. The van der Waals surface area contributed by atoms with Crippen LogP contribution in [0.5, 0.6) is 0 Å². The lowest BCUT2D eigenvalue weighted by Crippen LogP contribution is -2.63. The normalized spacial score (nSPS) is 38.2. The van der Waals surface area contributed by atoms with Gasteiger partial charge in [-0.05, 0) is 68.9 Å². The summed E-state index contributed by atoms with van der Waals surface area (Å²) < 4.78 is 5.97. The van der Waals surface area contributed by atoms with E-state index in [0.29, 0.717) is 32.1 Å². The minimum absolute atomic E-state index is 0.00730. The number of fused-ring (bicyclic) bond motifs is 5. The van der Waals surface area contributed by atoms with Crippen molar-refractivity contribution in [2.24, 2.45) is 28.6 Å². The minimum Gasteiger partial charge on any atom is -0.450 e. The zero-order valence-electron chi connectivity index (χ0n) is 21.5. The van der Waals surface area contributed by atoms with Crippen LogP contribution in [-0.2, 0) is 24.0 Å². The topological polar surface area (TPSA) is 153 Å². The molecule has 0 aliphatic heterocycles. The summed E-state index contributed by atoms with van der Waals surface area (Å²) >= 11 is 0. The van der Waals surface area contributed by atoms with E-state index >= 15 is 0 Å². The first-order valence-electron chi connectivity index (χ1n) is 13.2. The highest BCUT2D eigenvalue weighted by atomic mass is 16.9. The van der Waals surface area contributed by atoms with Crippen molar-refractivity contribution in [1.29, 1.82) is 0 Å². The van der Waals surface area contributed by atoms with Crippen LogP contribution in [0.4, 0.5) is 0 Å². The third-order valence-corrected chi connectivity index (χ3v) is 9.72. The number of ether oxygens (including phenoxy) is 1. The number of aliphatic hydroxyl groups is 2. The van der Waals surface area contributed by atoms with Crippen LogP contribution in [0.3, 0.4) is 0 Å². The summed E-state index contributed by atoms with van der Waals surface area (Å²) in [4.78, 5) is 52.7. The van der Waals surface area contributed by atoms with Gasteiger partial charge in [0.2, 0.25) is 5.78 Å². The van der Waals surface area contributed by atoms with Crippen molar-refractivity contribution in [3.63, 3.8) is 0 Å². The predicted octanol–water partition coefficient (Wildman–Crippen LogP) is 2.88. The number of aliphatic hydroxyl groups excluding tert-OH is 2. The summed E-state index contributed by atoms with van der Waals surface area (Å²) in [6, 6.07) is 0. The highest BCUT2D eigenvalue weighted by molar-refractivity contribution is 6.01. The number of hydrogen-bond donors (Lipinski definition) is 2. The fraction of sp³-hybridized carbons (Fsp3) is 0.741. The lowest BCUT2D eigenvalue weighted by Gasteiger charge is -2.59. The van der Waals surface area contributed by atoms with Gasteiger partial charge in [0.1, 0.15) is 6.61 Å². The van der Waals surface area contributed by atoms with Crippen molar-refractivity contribution in [1.82, 2.24) is 0 Å². The Labute approximate surface area is 216 Å². The summed E-state index contributed by atoms with van der Waals surface area (Å²) in [5.41, 5.74) is -1.76. The monoisotopic (exact) mass is 519 g/mol. The summed E-state index contributed by atoms with van der Waals surface area (Å²) in [5.74, 6) is -1.17. The Bertz CT molecular complexity index is 1020. The maximum atomic E-state index is 13.3. The van der Waals surface area contributed by atoms with Gasteiger partial charge >= 0.3 is 5.97 Å². The number of nitrogens with zero attached hydrogens (tertiary/aromatic N) is 1. The molecular formula is C27H37NO9. The molecular weight excluding hydrogens is 482 g/mol. The molecule has 3 fully saturated rings. The van der Waals surface area contributed by atoms with E-state index in [1.807, 2.05) is 13.0 Å². The van der Waals surface area contributed by atoms with E-state index in [1.165, 1.54) is 0 Å². The van der Waals surface area contributed by atoms with Gasteiger partial charge in [-0.3, -0.25) is 14.4 Å². The minimum atomic E-state index is -1.51. The van der Waals surface area contributed by atoms with E-state index in [9.17, 15) is 34.7 Å². The second-order valence-corrected chi connectivity index (χ2v) is 11.5. The van der Waals surface area contributed by atoms with Crippen molar-refractivity contribution >= 4 is 17.5 Å². The SMILES string of the molecule is C[C@]12C=CC(=O)C=C1CCC1C3CC[C@](OC(=O)CCCCCO[N+](=O)[O-])(C(=O)CO)[C@@]3(C)C[C@H](O)[C@@H]12. The molecule has 2 unspecified atom stereocenters. The second kappa shape index (κ2) is 10.3. The van der Waals surface area contributed by atoms with Crippen molar-refractivity contribution in [3.8, 4) is 0 Å². The molecule has 0 saturated heterocycles. The standard InChI is InChI=1S/C27H37NO9/c1-25-11-9-18(30)14-17(25)7-8-19-20-10-12-27(22(32)16-29,26(20,2)15-21(31)24(19)25)37-23(33)6-4-3-5-13-36-28(34)35/h9,11,14,19-21,24,29,31H,3-8,10,12-13,15-16H2,1-2H3/t19?,20?,21-,24+,25-,26-,27-/m0/s1. The van der Waals surface area contributed by atoms with E-state index in [2.05, 4.69) is 11.8 Å². The molecule has 4 rings (SSSR count). The van der Waals surface area contributed by atoms with Crippen LogP contribution in [0.2, 0.25) is 0 Å². The van der Waals surface area contributed by atoms with Gasteiger partial charge in [0.25, 0.3) is 5.09 Å². The molecule has 2 N–H and O–H groups in total. The molecule has 10 heteroatoms. The molecule has 0 aromatic carbocycles. The third kappa shape index (κ3) is 4.63. The van der Waals surface area contributed by atoms with Crippen molar-refractivity contribution in [2.45, 2.75) is 83.3 Å². The molecule has 4 aliphatic rings. The molecule has 0 bridgehead atoms. The van der Waals surface area contributed by atoms with Gasteiger partial charge in [-0.25, -0.2) is 0 Å². The summed E-state index contributed by atoms with van der Waals surface area (Å²) in [7, 11) is 0. The maximum Gasteiger partial charge on any atom is 0.306 e. The van der Waals surface area contributed by atoms with Crippen molar-refractivity contribution in [3.05, 3.63) is 33.9 Å². The van der Waals surface area contributed by atoms with Crippen molar-refractivity contribution in [2.75, 3.05) is 13.2 Å². The predicted molar refractivity (Wildman–Crippen MR) is 130 cm³/mol. The molecule has 204 valence electrons. The van der Waals surface area contributed by atoms with Crippen LogP contribution < -0.4 is 0 Å². The van der Waals surface area contributed by atoms with Crippen LogP contribution >= 0.6 is 0 Å². The number of hydrogen-bond acceptors (Lipinski definition) is 9. The first kappa shape index (κ1) is 27.4. The lowest BCUT2D eigenvalue weighted by molar-refractivity contribution is -0.757. The van der Waals surface area contributed by atoms with Gasteiger partial charge in [-0.2, -0.15) is 0 Å². The number of ketones is 2. The largest absolute Gasteiger partial charge is 0.450 e. The molecule has 37 heavy (non-hydrogen) atoms. The van der Waals surface area contributed by atoms with Gasteiger partial charge in [0.05, 0.1) is 12.7 Å². The Hall–Kier alpha value is -2.59. The number of unbranched alkanes of at least 4 members (excludes halogenated alkanes) is 2. The van der Waals surface area contributed by atoms with Gasteiger partial charge < -0.3 is 19.8 Å². The zero-order valence-corrected chi connectivity index (χ0v) is 21.5. The molecule has 0 radical (unpaired) electrons. The van der Waals surface area contributed by atoms with E-state index in [4.69, 9.17) is 4.74 Å². The van der Waals surface area contributed by atoms with E-state index < -0.39 is 46.0 Å². The molecule has 4 aliphatic carbocycles.